The Morgan fingerprint density at radius 2 is 1.52 bits per heavy atom. The maximum atomic E-state index is 12.4. The third-order valence-corrected chi connectivity index (χ3v) is 4.17. The van der Waals surface area contributed by atoms with Gasteiger partial charge in [0.25, 0.3) is 5.24 Å². The lowest BCUT2D eigenvalue weighted by molar-refractivity contribution is 0.224. The van der Waals surface area contributed by atoms with Gasteiger partial charge in [-0.1, -0.05) is 26.0 Å². The van der Waals surface area contributed by atoms with Gasteiger partial charge in [-0.25, -0.2) is 0 Å². The van der Waals surface area contributed by atoms with Crippen LogP contribution in [0.1, 0.15) is 39.2 Å². The van der Waals surface area contributed by atoms with Crippen molar-refractivity contribution < 1.29 is 4.79 Å². The summed E-state index contributed by atoms with van der Waals surface area (Å²) >= 11 is 13.3. The zero-order valence-corrected chi connectivity index (χ0v) is 15.3. The molecule has 0 fully saturated rings. The summed E-state index contributed by atoms with van der Waals surface area (Å²) in [7, 11) is 0. The van der Waals surface area contributed by atoms with Crippen LogP contribution in [0.15, 0.2) is 29.2 Å². The molecule has 5 heteroatoms. The topological polar surface area (TPSA) is 20.3 Å². The molecule has 0 aromatic heterocycles. The van der Waals surface area contributed by atoms with Crippen molar-refractivity contribution in [1.29, 1.82) is 0 Å². The standard InChI is InChI=1S/C16H23Cl2NOS/c1-11(2)14-5-7-15(8-6-14)21-16(20)19(9-12(3)17)10-13(4)18/h5-8,11-13H,9-10H2,1-4H3. The van der Waals surface area contributed by atoms with E-state index >= 15 is 0 Å². The predicted molar refractivity (Wildman–Crippen MR) is 94.0 cm³/mol. The molecule has 1 rings (SSSR count). The van der Waals surface area contributed by atoms with E-state index < -0.39 is 0 Å². The van der Waals surface area contributed by atoms with Gasteiger partial charge in [0.2, 0.25) is 0 Å². The lowest BCUT2D eigenvalue weighted by Gasteiger charge is -2.24. The molecule has 21 heavy (non-hydrogen) atoms. The molecule has 0 heterocycles. The summed E-state index contributed by atoms with van der Waals surface area (Å²) in [6, 6.07) is 8.12. The number of hydrogen-bond donors (Lipinski definition) is 0. The van der Waals surface area contributed by atoms with E-state index in [4.69, 9.17) is 23.2 Å². The van der Waals surface area contributed by atoms with Crippen LogP contribution in [0.2, 0.25) is 0 Å². The molecule has 2 atom stereocenters. The number of thioether (sulfide) groups is 1. The lowest BCUT2D eigenvalue weighted by atomic mass is 10.0. The number of rotatable bonds is 6. The molecular formula is C16H23Cl2NOS. The second-order valence-corrected chi connectivity index (χ2v) is 8.07. The van der Waals surface area contributed by atoms with E-state index in [0.29, 0.717) is 19.0 Å². The maximum absolute atomic E-state index is 12.4. The van der Waals surface area contributed by atoms with E-state index in [1.165, 1.54) is 17.3 Å². The van der Waals surface area contributed by atoms with Crippen LogP contribution in [0, 0.1) is 0 Å². The van der Waals surface area contributed by atoms with Crippen molar-refractivity contribution in [3.8, 4) is 0 Å². The zero-order valence-electron chi connectivity index (χ0n) is 13.0. The quantitative estimate of drug-likeness (QED) is 0.494. The minimum Gasteiger partial charge on any atom is -0.330 e. The number of carbonyl (C=O) groups is 1. The Morgan fingerprint density at radius 3 is 1.90 bits per heavy atom. The van der Waals surface area contributed by atoms with Crippen molar-refractivity contribution >= 4 is 40.2 Å². The van der Waals surface area contributed by atoms with E-state index in [0.717, 1.165) is 4.90 Å². The predicted octanol–water partition coefficient (Wildman–Crippen LogP) is 5.58. The minimum atomic E-state index is -0.0896. The Kier molecular flexibility index (Phi) is 7.93. The van der Waals surface area contributed by atoms with Gasteiger partial charge in [-0.3, -0.25) is 4.79 Å². The van der Waals surface area contributed by atoms with Gasteiger partial charge in [-0.05, 0) is 49.2 Å². The van der Waals surface area contributed by atoms with Gasteiger partial charge < -0.3 is 4.90 Å². The molecule has 0 bridgehead atoms. The third kappa shape index (κ3) is 6.94. The first kappa shape index (κ1) is 18.7. The van der Waals surface area contributed by atoms with Gasteiger partial charge in [-0.2, -0.15) is 0 Å². The zero-order chi connectivity index (χ0) is 16.0. The summed E-state index contributed by atoms with van der Waals surface area (Å²) < 4.78 is 0. The second kappa shape index (κ2) is 8.92. The number of carbonyl (C=O) groups excluding carboxylic acids is 1. The first-order valence-electron chi connectivity index (χ1n) is 7.14. The normalized spacial score (nSPS) is 14.0. The summed E-state index contributed by atoms with van der Waals surface area (Å²) in [6.07, 6.45) is 0. The number of alkyl halides is 2. The van der Waals surface area contributed by atoms with Crippen LogP contribution in [0.4, 0.5) is 4.79 Å². The number of nitrogens with zero attached hydrogens (tertiary/aromatic N) is 1. The first-order chi connectivity index (χ1) is 9.79. The molecule has 0 saturated heterocycles. The summed E-state index contributed by atoms with van der Waals surface area (Å²) in [5.41, 5.74) is 1.27. The molecule has 1 amide bonds. The summed E-state index contributed by atoms with van der Waals surface area (Å²) in [6.45, 7) is 9.08. The monoisotopic (exact) mass is 347 g/mol. The summed E-state index contributed by atoms with van der Waals surface area (Å²) in [5.74, 6) is 0.491. The van der Waals surface area contributed by atoms with E-state index in [-0.39, 0.29) is 16.0 Å². The van der Waals surface area contributed by atoms with Crippen molar-refractivity contribution in [2.75, 3.05) is 13.1 Å². The Bertz CT molecular complexity index is 436. The van der Waals surface area contributed by atoms with E-state index in [2.05, 4.69) is 26.0 Å². The molecule has 0 N–H and O–H groups in total. The highest BCUT2D eigenvalue weighted by atomic mass is 35.5. The van der Waals surface area contributed by atoms with Crippen molar-refractivity contribution in [2.24, 2.45) is 0 Å². The van der Waals surface area contributed by atoms with Gasteiger partial charge in [0.1, 0.15) is 0 Å². The number of benzene rings is 1. The van der Waals surface area contributed by atoms with Crippen molar-refractivity contribution in [3.05, 3.63) is 29.8 Å². The fourth-order valence-electron chi connectivity index (χ4n) is 1.92. The molecule has 2 nitrogen and oxygen atoms in total. The van der Waals surface area contributed by atoms with Crippen LogP contribution in [0.3, 0.4) is 0 Å². The van der Waals surface area contributed by atoms with Gasteiger partial charge in [-0.15, -0.1) is 23.2 Å². The van der Waals surface area contributed by atoms with Gasteiger partial charge in [0, 0.05) is 28.7 Å². The molecular weight excluding hydrogens is 325 g/mol. The Balaban J connectivity index is 2.71. The average Bonchev–Trinajstić information content (AvgIpc) is 2.37. The van der Waals surface area contributed by atoms with Gasteiger partial charge in [0.15, 0.2) is 0 Å². The third-order valence-electron chi connectivity index (χ3n) is 2.95. The van der Waals surface area contributed by atoms with Crippen molar-refractivity contribution in [3.63, 3.8) is 0 Å². The van der Waals surface area contributed by atoms with Crippen LogP contribution < -0.4 is 0 Å². The SMILES string of the molecule is CC(Cl)CN(CC(C)Cl)C(=O)Sc1ccc(C(C)C)cc1. The molecule has 118 valence electrons. The largest absolute Gasteiger partial charge is 0.330 e. The van der Waals surface area contributed by atoms with Crippen LogP contribution >= 0.6 is 35.0 Å². The highest BCUT2D eigenvalue weighted by molar-refractivity contribution is 8.13. The minimum absolute atomic E-state index is 0.00713. The molecule has 0 spiro atoms. The number of hydrogen-bond acceptors (Lipinski definition) is 2. The summed E-state index contributed by atoms with van der Waals surface area (Å²) in [5, 5.41) is -0.186. The van der Waals surface area contributed by atoms with Crippen LogP contribution in [-0.4, -0.2) is 34.0 Å². The van der Waals surface area contributed by atoms with E-state index in [9.17, 15) is 4.79 Å². The number of halogens is 2. The Hall–Kier alpha value is -0.380. The molecule has 0 radical (unpaired) electrons. The average molecular weight is 348 g/mol. The highest BCUT2D eigenvalue weighted by Gasteiger charge is 2.18. The van der Waals surface area contributed by atoms with Crippen LogP contribution in [0.25, 0.3) is 0 Å². The van der Waals surface area contributed by atoms with E-state index in [1.807, 2.05) is 26.0 Å². The van der Waals surface area contributed by atoms with Crippen molar-refractivity contribution in [1.82, 2.24) is 4.90 Å². The maximum Gasteiger partial charge on any atom is 0.286 e. The highest BCUT2D eigenvalue weighted by Crippen LogP contribution is 2.25. The molecule has 2 unspecified atom stereocenters. The van der Waals surface area contributed by atoms with Gasteiger partial charge in [0.05, 0.1) is 0 Å². The molecule has 0 saturated carbocycles. The Labute approximate surface area is 142 Å². The first-order valence-corrected chi connectivity index (χ1v) is 8.83. The molecule has 0 aliphatic carbocycles. The molecule has 0 aliphatic heterocycles. The van der Waals surface area contributed by atoms with Crippen molar-refractivity contribution in [2.45, 2.75) is 49.3 Å². The Morgan fingerprint density at radius 1 is 1.05 bits per heavy atom. The van der Waals surface area contributed by atoms with Crippen LogP contribution in [-0.2, 0) is 0 Å². The fourth-order valence-corrected chi connectivity index (χ4v) is 3.00. The second-order valence-electron chi connectivity index (χ2n) is 5.56. The fraction of sp³-hybridized carbons (Fsp3) is 0.562. The smallest absolute Gasteiger partial charge is 0.286 e. The van der Waals surface area contributed by atoms with Gasteiger partial charge >= 0.3 is 0 Å². The van der Waals surface area contributed by atoms with E-state index in [1.54, 1.807) is 4.90 Å². The molecule has 1 aromatic rings. The lowest BCUT2D eigenvalue weighted by Crippen LogP contribution is -2.36. The van der Waals surface area contributed by atoms with Crippen LogP contribution in [0.5, 0.6) is 0 Å². The molecule has 0 aliphatic rings. The molecule has 1 aromatic carbocycles. The summed E-state index contributed by atoms with van der Waals surface area (Å²) in [4.78, 5) is 15.0. The number of amides is 1.